The van der Waals surface area contributed by atoms with E-state index in [0.717, 1.165) is 26.2 Å². The van der Waals surface area contributed by atoms with Crippen LogP contribution >= 0.6 is 0 Å². The first-order valence-electron chi connectivity index (χ1n) is 8.33. The fourth-order valence-corrected chi connectivity index (χ4v) is 3.67. The van der Waals surface area contributed by atoms with Crippen LogP contribution in [0.25, 0.3) is 0 Å². The Labute approximate surface area is 127 Å². The van der Waals surface area contributed by atoms with Crippen molar-refractivity contribution < 1.29 is 4.79 Å². The lowest BCUT2D eigenvalue weighted by Gasteiger charge is -2.32. The SMILES string of the molecule is C[C@H](C(=O)N1CCCCC1)N1CC[C@H](c2ccccc2)C1. The Bertz CT molecular complexity index is 467. The number of carbonyl (C=O) groups is 1. The molecule has 0 radical (unpaired) electrons. The molecule has 0 aromatic heterocycles. The smallest absolute Gasteiger partial charge is 0.239 e. The summed E-state index contributed by atoms with van der Waals surface area (Å²) < 4.78 is 0. The molecule has 0 bridgehead atoms. The van der Waals surface area contributed by atoms with Gasteiger partial charge in [-0.25, -0.2) is 0 Å². The number of amides is 1. The van der Waals surface area contributed by atoms with Crippen molar-refractivity contribution >= 4 is 5.91 Å². The van der Waals surface area contributed by atoms with Crippen LogP contribution in [0.5, 0.6) is 0 Å². The van der Waals surface area contributed by atoms with Crippen LogP contribution in [0.1, 0.15) is 44.1 Å². The Hall–Kier alpha value is -1.35. The van der Waals surface area contributed by atoms with Gasteiger partial charge in [-0.05, 0) is 50.6 Å². The van der Waals surface area contributed by atoms with E-state index in [9.17, 15) is 4.79 Å². The highest BCUT2D eigenvalue weighted by Crippen LogP contribution is 2.28. The van der Waals surface area contributed by atoms with Crippen molar-refractivity contribution in [2.24, 2.45) is 0 Å². The van der Waals surface area contributed by atoms with Gasteiger partial charge < -0.3 is 4.90 Å². The lowest BCUT2D eigenvalue weighted by atomic mass is 9.99. The van der Waals surface area contributed by atoms with E-state index in [-0.39, 0.29) is 6.04 Å². The average Bonchev–Trinajstić information content (AvgIpc) is 3.05. The molecule has 2 atom stereocenters. The Morgan fingerprint density at radius 2 is 1.81 bits per heavy atom. The molecule has 2 saturated heterocycles. The molecule has 1 amide bonds. The number of likely N-dealkylation sites (tertiary alicyclic amines) is 2. The van der Waals surface area contributed by atoms with Gasteiger partial charge >= 0.3 is 0 Å². The van der Waals surface area contributed by atoms with E-state index < -0.39 is 0 Å². The van der Waals surface area contributed by atoms with Crippen molar-refractivity contribution in [3.05, 3.63) is 35.9 Å². The number of hydrogen-bond donors (Lipinski definition) is 0. The fraction of sp³-hybridized carbons (Fsp3) is 0.611. The largest absolute Gasteiger partial charge is 0.341 e. The lowest BCUT2D eigenvalue weighted by molar-refractivity contribution is -0.136. The molecule has 3 heteroatoms. The van der Waals surface area contributed by atoms with Crippen molar-refractivity contribution in [2.75, 3.05) is 26.2 Å². The number of benzene rings is 1. The fourth-order valence-electron chi connectivity index (χ4n) is 3.67. The number of carbonyl (C=O) groups excluding carboxylic acids is 1. The van der Waals surface area contributed by atoms with Crippen LogP contribution in [0.2, 0.25) is 0 Å². The highest BCUT2D eigenvalue weighted by Gasteiger charge is 2.32. The summed E-state index contributed by atoms with van der Waals surface area (Å²) in [5, 5.41) is 0. The summed E-state index contributed by atoms with van der Waals surface area (Å²) in [5.41, 5.74) is 1.41. The van der Waals surface area contributed by atoms with Gasteiger partial charge in [0.2, 0.25) is 5.91 Å². The van der Waals surface area contributed by atoms with Gasteiger partial charge in [-0.2, -0.15) is 0 Å². The van der Waals surface area contributed by atoms with Gasteiger partial charge in [0.25, 0.3) is 0 Å². The molecule has 3 rings (SSSR count). The summed E-state index contributed by atoms with van der Waals surface area (Å²) in [5.74, 6) is 0.922. The molecule has 1 aromatic rings. The van der Waals surface area contributed by atoms with Crippen molar-refractivity contribution in [1.82, 2.24) is 9.80 Å². The zero-order chi connectivity index (χ0) is 14.7. The van der Waals surface area contributed by atoms with Gasteiger partial charge in [-0.15, -0.1) is 0 Å². The molecule has 0 unspecified atom stereocenters. The van der Waals surface area contributed by atoms with Gasteiger partial charge in [0.15, 0.2) is 0 Å². The molecule has 21 heavy (non-hydrogen) atoms. The predicted molar refractivity (Wildman–Crippen MR) is 85.3 cm³/mol. The van der Waals surface area contributed by atoms with Gasteiger partial charge in [-0.1, -0.05) is 30.3 Å². The van der Waals surface area contributed by atoms with Crippen molar-refractivity contribution in [3.63, 3.8) is 0 Å². The Morgan fingerprint density at radius 3 is 2.52 bits per heavy atom. The third kappa shape index (κ3) is 3.29. The number of nitrogens with zero attached hydrogens (tertiary/aromatic N) is 2. The van der Waals surface area contributed by atoms with E-state index in [1.54, 1.807) is 0 Å². The molecule has 2 aliphatic rings. The minimum Gasteiger partial charge on any atom is -0.341 e. The van der Waals surface area contributed by atoms with Crippen LogP contribution in [0.3, 0.4) is 0 Å². The van der Waals surface area contributed by atoms with E-state index in [4.69, 9.17) is 0 Å². The third-order valence-electron chi connectivity index (χ3n) is 5.06. The van der Waals surface area contributed by atoms with Crippen LogP contribution in [0, 0.1) is 0 Å². The average molecular weight is 286 g/mol. The topological polar surface area (TPSA) is 23.6 Å². The number of hydrogen-bond acceptors (Lipinski definition) is 2. The number of piperidine rings is 1. The zero-order valence-electron chi connectivity index (χ0n) is 13.0. The highest BCUT2D eigenvalue weighted by molar-refractivity contribution is 5.81. The van der Waals surface area contributed by atoms with Crippen LogP contribution < -0.4 is 0 Å². The first kappa shape index (κ1) is 14.6. The second-order valence-corrected chi connectivity index (χ2v) is 6.45. The van der Waals surface area contributed by atoms with E-state index >= 15 is 0 Å². The lowest BCUT2D eigenvalue weighted by Crippen LogP contribution is -2.47. The summed E-state index contributed by atoms with van der Waals surface area (Å²) in [6.45, 7) is 6.06. The molecule has 114 valence electrons. The maximum atomic E-state index is 12.6. The molecular weight excluding hydrogens is 260 g/mol. The molecule has 2 aliphatic heterocycles. The first-order valence-corrected chi connectivity index (χ1v) is 8.33. The van der Waals surface area contributed by atoms with Gasteiger partial charge in [0.05, 0.1) is 6.04 Å². The monoisotopic (exact) mass is 286 g/mol. The van der Waals surface area contributed by atoms with E-state index in [1.165, 1.54) is 31.2 Å². The maximum absolute atomic E-state index is 12.6. The molecule has 0 N–H and O–H groups in total. The minimum atomic E-state index is 0.0387. The summed E-state index contributed by atoms with van der Waals surface area (Å²) in [4.78, 5) is 17.1. The minimum absolute atomic E-state index is 0.0387. The van der Waals surface area contributed by atoms with Crippen molar-refractivity contribution in [3.8, 4) is 0 Å². The zero-order valence-corrected chi connectivity index (χ0v) is 13.0. The van der Waals surface area contributed by atoms with Crippen LogP contribution in [-0.4, -0.2) is 47.9 Å². The van der Waals surface area contributed by atoms with Gasteiger partial charge in [0, 0.05) is 19.6 Å². The quantitative estimate of drug-likeness (QED) is 0.853. The Balaban J connectivity index is 1.59. The van der Waals surface area contributed by atoms with E-state index in [0.29, 0.717) is 11.8 Å². The maximum Gasteiger partial charge on any atom is 0.239 e. The molecule has 0 saturated carbocycles. The summed E-state index contributed by atoms with van der Waals surface area (Å²) >= 11 is 0. The summed E-state index contributed by atoms with van der Waals surface area (Å²) in [7, 11) is 0. The van der Waals surface area contributed by atoms with Crippen LogP contribution in [-0.2, 0) is 4.79 Å². The van der Waals surface area contributed by atoms with Gasteiger partial charge in [0.1, 0.15) is 0 Å². The molecule has 0 aliphatic carbocycles. The molecule has 1 aromatic carbocycles. The second-order valence-electron chi connectivity index (χ2n) is 6.45. The number of rotatable bonds is 3. The third-order valence-corrected chi connectivity index (χ3v) is 5.06. The summed E-state index contributed by atoms with van der Waals surface area (Å²) in [6, 6.07) is 10.8. The highest BCUT2D eigenvalue weighted by atomic mass is 16.2. The van der Waals surface area contributed by atoms with E-state index in [1.807, 2.05) is 0 Å². The standard InChI is InChI=1S/C18H26N2O/c1-15(18(21)19-11-6-3-7-12-19)20-13-10-17(14-20)16-8-4-2-5-9-16/h2,4-5,8-9,15,17H,3,6-7,10-14H2,1H3/t15-,17+/m1/s1. The van der Waals surface area contributed by atoms with Crippen molar-refractivity contribution in [2.45, 2.75) is 44.6 Å². The molecule has 3 nitrogen and oxygen atoms in total. The Morgan fingerprint density at radius 1 is 1.10 bits per heavy atom. The second kappa shape index (κ2) is 6.61. The molecule has 2 heterocycles. The normalized spacial score (nSPS) is 25.0. The first-order chi connectivity index (χ1) is 10.3. The van der Waals surface area contributed by atoms with E-state index in [2.05, 4.69) is 47.1 Å². The summed E-state index contributed by atoms with van der Waals surface area (Å²) in [6.07, 6.45) is 4.79. The predicted octanol–water partition coefficient (Wildman–Crippen LogP) is 2.88. The van der Waals surface area contributed by atoms with Crippen LogP contribution in [0.4, 0.5) is 0 Å². The molecule has 0 spiro atoms. The molecule has 2 fully saturated rings. The van der Waals surface area contributed by atoms with Crippen molar-refractivity contribution in [1.29, 1.82) is 0 Å². The molecular formula is C18H26N2O. The van der Waals surface area contributed by atoms with Gasteiger partial charge in [-0.3, -0.25) is 9.69 Å². The van der Waals surface area contributed by atoms with Crippen LogP contribution in [0.15, 0.2) is 30.3 Å². The Kier molecular flexibility index (Phi) is 4.59.